The molecule has 0 aromatic heterocycles. The second-order valence-electron chi connectivity index (χ2n) is 4.97. The molecule has 7 heteroatoms. The second kappa shape index (κ2) is 13.6. The van der Waals surface area contributed by atoms with Crippen LogP contribution >= 0.6 is 0 Å². The molecule has 3 N–H and O–H groups in total. The van der Waals surface area contributed by atoms with Crippen molar-refractivity contribution in [3.05, 3.63) is 0 Å². The van der Waals surface area contributed by atoms with Crippen molar-refractivity contribution in [1.29, 1.82) is 0 Å². The van der Waals surface area contributed by atoms with Crippen LogP contribution in [0.5, 0.6) is 0 Å². The van der Waals surface area contributed by atoms with Gasteiger partial charge in [0.1, 0.15) is 0 Å². The van der Waals surface area contributed by atoms with Crippen LogP contribution in [0.25, 0.3) is 0 Å². The third kappa shape index (κ3) is 14.9. The molecule has 0 aromatic carbocycles. The number of ether oxygens (including phenoxy) is 2. The number of hydrogen-bond donors (Lipinski definition) is 3. The first-order valence-electron chi connectivity index (χ1n) is 7.36. The standard InChI is InChI=1S/C14H28N2O5/c1-12(4-5-13(17)18)6-8-16-14(19)15-7-3-9-21-11-10-20-2/h12H,3-11H2,1-2H3,(H,17,18)(H2,15,16,19). The molecule has 7 nitrogen and oxygen atoms in total. The van der Waals surface area contributed by atoms with E-state index >= 15 is 0 Å². The van der Waals surface area contributed by atoms with Crippen molar-refractivity contribution in [2.45, 2.75) is 32.6 Å². The number of carboxylic acids is 1. The monoisotopic (exact) mass is 304 g/mol. The van der Waals surface area contributed by atoms with E-state index in [2.05, 4.69) is 10.6 Å². The van der Waals surface area contributed by atoms with Crippen LogP contribution in [0.1, 0.15) is 32.6 Å². The predicted octanol–water partition coefficient (Wildman–Crippen LogP) is 1.23. The fourth-order valence-electron chi connectivity index (χ4n) is 1.63. The Kier molecular flexibility index (Phi) is 12.8. The van der Waals surface area contributed by atoms with E-state index in [1.54, 1.807) is 7.11 Å². The molecule has 0 spiro atoms. The summed E-state index contributed by atoms with van der Waals surface area (Å²) in [6, 6.07) is -0.197. The number of carboxylic acid groups (broad SMARTS) is 1. The van der Waals surface area contributed by atoms with Gasteiger partial charge in [0.25, 0.3) is 0 Å². The van der Waals surface area contributed by atoms with Crippen molar-refractivity contribution in [1.82, 2.24) is 10.6 Å². The van der Waals surface area contributed by atoms with Gasteiger partial charge < -0.3 is 25.2 Å². The van der Waals surface area contributed by atoms with Gasteiger partial charge in [-0.25, -0.2) is 4.79 Å². The first-order chi connectivity index (χ1) is 10.1. The minimum atomic E-state index is -0.778. The molecule has 0 aliphatic rings. The normalized spacial score (nSPS) is 11.9. The third-order valence-electron chi connectivity index (χ3n) is 2.96. The van der Waals surface area contributed by atoms with Crippen molar-refractivity contribution < 1.29 is 24.2 Å². The molecule has 0 aliphatic carbocycles. The lowest BCUT2D eigenvalue weighted by Gasteiger charge is -2.11. The summed E-state index contributed by atoms with van der Waals surface area (Å²) >= 11 is 0. The zero-order valence-electron chi connectivity index (χ0n) is 13.0. The predicted molar refractivity (Wildman–Crippen MR) is 79.4 cm³/mol. The highest BCUT2D eigenvalue weighted by atomic mass is 16.5. The number of hydrogen-bond acceptors (Lipinski definition) is 4. The lowest BCUT2D eigenvalue weighted by molar-refractivity contribution is -0.137. The van der Waals surface area contributed by atoms with Crippen LogP contribution in [-0.2, 0) is 14.3 Å². The fourth-order valence-corrected chi connectivity index (χ4v) is 1.63. The first kappa shape index (κ1) is 19.7. The Morgan fingerprint density at radius 3 is 2.48 bits per heavy atom. The van der Waals surface area contributed by atoms with E-state index in [-0.39, 0.29) is 18.4 Å². The minimum absolute atomic E-state index is 0.177. The van der Waals surface area contributed by atoms with Crippen molar-refractivity contribution in [2.75, 3.05) is 40.0 Å². The number of nitrogens with one attached hydrogen (secondary N) is 2. The molecule has 0 fully saturated rings. The van der Waals surface area contributed by atoms with Crippen molar-refractivity contribution >= 4 is 12.0 Å². The van der Waals surface area contributed by atoms with Gasteiger partial charge in [0.15, 0.2) is 0 Å². The molecule has 0 bridgehead atoms. The van der Waals surface area contributed by atoms with Gasteiger partial charge in [0.2, 0.25) is 0 Å². The van der Waals surface area contributed by atoms with Crippen LogP contribution in [0.2, 0.25) is 0 Å². The maximum absolute atomic E-state index is 11.4. The van der Waals surface area contributed by atoms with Crippen molar-refractivity contribution in [3.8, 4) is 0 Å². The van der Waals surface area contributed by atoms with Crippen LogP contribution in [0, 0.1) is 5.92 Å². The number of aliphatic carboxylic acids is 1. The highest BCUT2D eigenvalue weighted by molar-refractivity contribution is 5.73. The van der Waals surface area contributed by atoms with Crippen molar-refractivity contribution in [2.24, 2.45) is 5.92 Å². The third-order valence-corrected chi connectivity index (χ3v) is 2.96. The van der Waals surface area contributed by atoms with Gasteiger partial charge in [0, 0.05) is 33.2 Å². The Bertz CT molecular complexity index is 287. The summed E-state index contributed by atoms with van der Waals surface area (Å²) < 4.78 is 10.1. The summed E-state index contributed by atoms with van der Waals surface area (Å²) in [7, 11) is 1.62. The first-order valence-corrected chi connectivity index (χ1v) is 7.36. The van der Waals surface area contributed by atoms with Gasteiger partial charge in [-0.2, -0.15) is 0 Å². The number of carbonyl (C=O) groups excluding carboxylic acids is 1. The quantitative estimate of drug-likeness (QED) is 0.445. The van der Waals surface area contributed by atoms with Gasteiger partial charge >= 0.3 is 12.0 Å². The largest absolute Gasteiger partial charge is 0.481 e. The Morgan fingerprint density at radius 2 is 1.81 bits per heavy atom. The van der Waals surface area contributed by atoms with Crippen LogP contribution in [0.3, 0.4) is 0 Å². The summed E-state index contributed by atoms with van der Waals surface area (Å²) in [5, 5.41) is 14.1. The lowest BCUT2D eigenvalue weighted by atomic mass is 10.0. The van der Waals surface area contributed by atoms with E-state index in [9.17, 15) is 9.59 Å². The van der Waals surface area contributed by atoms with Gasteiger partial charge in [-0.05, 0) is 25.2 Å². The molecule has 124 valence electrons. The molecule has 0 saturated heterocycles. The van der Waals surface area contributed by atoms with E-state index in [0.29, 0.717) is 39.3 Å². The Balaban J connectivity index is 3.36. The summed E-state index contributed by atoms with van der Waals surface area (Å²) in [5.41, 5.74) is 0. The zero-order chi connectivity index (χ0) is 15.9. The Morgan fingerprint density at radius 1 is 1.10 bits per heavy atom. The maximum atomic E-state index is 11.4. The SMILES string of the molecule is COCCOCCCNC(=O)NCCC(C)CCC(=O)O. The summed E-state index contributed by atoms with van der Waals surface area (Å²) in [4.78, 5) is 21.9. The molecule has 1 unspecified atom stereocenters. The average molecular weight is 304 g/mol. The highest BCUT2D eigenvalue weighted by Gasteiger charge is 2.06. The van der Waals surface area contributed by atoms with Crippen LogP contribution in [-0.4, -0.2) is 57.1 Å². The van der Waals surface area contributed by atoms with Gasteiger partial charge in [0.05, 0.1) is 13.2 Å². The summed E-state index contributed by atoms with van der Waals surface area (Å²) in [6.45, 7) is 4.84. The molecule has 1 atom stereocenters. The molecule has 21 heavy (non-hydrogen) atoms. The van der Waals surface area contributed by atoms with Crippen LogP contribution in [0.15, 0.2) is 0 Å². The van der Waals surface area contributed by atoms with Gasteiger partial charge in [-0.1, -0.05) is 6.92 Å². The molecule has 0 saturated carbocycles. The summed E-state index contributed by atoms with van der Waals surface area (Å²) in [5.74, 6) is -0.490. The highest BCUT2D eigenvalue weighted by Crippen LogP contribution is 2.08. The van der Waals surface area contributed by atoms with Gasteiger partial charge in [-0.3, -0.25) is 4.79 Å². The number of carbonyl (C=O) groups is 2. The number of methoxy groups -OCH3 is 1. The molecule has 0 aliphatic heterocycles. The zero-order valence-corrected chi connectivity index (χ0v) is 13.0. The second-order valence-corrected chi connectivity index (χ2v) is 4.97. The molecular weight excluding hydrogens is 276 g/mol. The molecule has 0 rings (SSSR count). The fraction of sp³-hybridized carbons (Fsp3) is 0.857. The topological polar surface area (TPSA) is 96.9 Å². The van der Waals surface area contributed by atoms with E-state index in [1.165, 1.54) is 0 Å². The Labute approximate surface area is 126 Å². The minimum Gasteiger partial charge on any atom is -0.481 e. The van der Waals surface area contributed by atoms with E-state index in [1.807, 2.05) is 6.92 Å². The molecule has 2 amide bonds. The number of urea groups is 1. The van der Waals surface area contributed by atoms with Crippen LogP contribution in [0.4, 0.5) is 4.79 Å². The smallest absolute Gasteiger partial charge is 0.314 e. The van der Waals surface area contributed by atoms with Crippen molar-refractivity contribution in [3.63, 3.8) is 0 Å². The van der Waals surface area contributed by atoms with E-state index in [0.717, 1.165) is 12.8 Å². The van der Waals surface area contributed by atoms with Gasteiger partial charge in [-0.15, -0.1) is 0 Å². The van der Waals surface area contributed by atoms with E-state index < -0.39 is 5.97 Å². The summed E-state index contributed by atoms with van der Waals surface area (Å²) in [6.07, 6.45) is 2.35. The van der Waals surface area contributed by atoms with Crippen LogP contribution < -0.4 is 10.6 Å². The molecular formula is C14H28N2O5. The molecule has 0 radical (unpaired) electrons. The number of amides is 2. The Hall–Kier alpha value is -1.34. The lowest BCUT2D eigenvalue weighted by Crippen LogP contribution is -2.37. The molecule has 0 aromatic rings. The van der Waals surface area contributed by atoms with E-state index in [4.69, 9.17) is 14.6 Å². The number of rotatable bonds is 13. The average Bonchev–Trinajstić information content (AvgIpc) is 2.44. The maximum Gasteiger partial charge on any atom is 0.314 e. The molecule has 0 heterocycles.